The van der Waals surface area contributed by atoms with Crippen LogP contribution in [0.15, 0.2) is 29.9 Å². The Morgan fingerprint density at radius 3 is 3.00 bits per heavy atom. The van der Waals surface area contributed by atoms with Crippen molar-refractivity contribution in [1.29, 1.82) is 0 Å². The third-order valence-corrected chi connectivity index (χ3v) is 3.87. The third-order valence-electron chi connectivity index (χ3n) is 3.00. The summed E-state index contributed by atoms with van der Waals surface area (Å²) in [6.45, 7) is 0.540. The van der Waals surface area contributed by atoms with Crippen LogP contribution in [0.5, 0.6) is 0 Å². The first-order chi connectivity index (χ1) is 9.77. The molecular formula is C13H15N3O3S. The Morgan fingerprint density at radius 1 is 1.55 bits per heavy atom. The summed E-state index contributed by atoms with van der Waals surface area (Å²) in [7, 11) is 0. The Balaban J connectivity index is 0.000000452. The molecule has 0 saturated carbocycles. The summed E-state index contributed by atoms with van der Waals surface area (Å²) in [5.41, 5.74) is 0. The summed E-state index contributed by atoms with van der Waals surface area (Å²) in [4.78, 5) is 25.7. The molecule has 1 aliphatic rings. The highest BCUT2D eigenvalue weighted by Gasteiger charge is 2.25. The van der Waals surface area contributed by atoms with Crippen molar-refractivity contribution < 1.29 is 14.7 Å². The van der Waals surface area contributed by atoms with Gasteiger partial charge in [-0.25, -0.2) is 4.98 Å². The summed E-state index contributed by atoms with van der Waals surface area (Å²) >= 11 is 1.65. The molecule has 2 aromatic rings. The average Bonchev–Trinajstić information content (AvgIpc) is 3.11. The zero-order valence-electron chi connectivity index (χ0n) is 10.7. The van der Waals surface area contributed by atoms with E-state index in [0.29, 0.717) is 0 Å². The molecule has 1 atom stereocenters. The van der Waals surface area contributed by atoms with Crippen LogP contribution < -0.4 is 5.32 Å². The first kappa shape index (κ1) is 14.3. The Bertz CT molecular complexity index is 565. The molecule has 1 fully saturated rings. The van der Waals surface area contributed by atoms with E-state index in [1.807, 2.05) is 28.3 Å². The van der Waals surface area contributed by atoms with Crippen molar-refractivity contribution in [2.24, 2.45) is 0 Å². The highest BCUT2D eigenvalue weighted by atomic mass is 32.1. The molecule has 2 aromatic heterocycles. The van der Waals surface area contributed by atoms with Crippen LogP contribution in [0.4, 0.5) is 0 Å². The van der Waals surface area contributed by atoms with Gasteiger partial charge in [-0.2, -0.15) is 0 Å². The van der Waals surface area contributed by atoms with Gasteiger partial charge in [0.2, 0.25) is 5.91 Å². The predicted octanol–water partition coefficient (Wildman–Crippen LogP) is 1.76. The summed E-state index contributed by atoms with van der Waals surface area (Å²) in [5.74, 6) is 0.995. The second kappa shape index (κ2) is 6.85. The lowest BCUT2D eigenvalue weighted by Gasteiger charge is -2.24. The van der Waals surface area contributed by atoms with Crippen molar-refractivity contribution >= 4 is 23.7 Å². The van der Waals surface area contributed by atoms with Crippen molar-refractivity contribution in [3.8, 4) is 10.7 Å². The maximum Gasteiger partial charge on any atom is 0.290 e. The second-order valence-corrected chi connectivity index (χ2v) is 5.14. The molecule has 7 heteroatoms. The summed E-state index contributed by atoms with van der Waals surface area (Å²) in [6.07, 6.45) is 5.57. The number of carbonyl (C=O) groups excluding carboxylic acids is 1. The number of thiophene rings is 1. The number of carbonyl (C=O) groups is 2. The van der Waals surface area contributed by atoms with Crippen LogP contribution >= 0.6 is 11.3 Å². The molecule has 2 N–H and O–H groups in total. The molecule has 0 aromatic carbocycles. The fourth-order valence-electron chi connectivity index (χ4n) is 2.18. The third kappa shape index (κ3) is 3.05. The molecular weight excluding hydrogens is 278 g/mol. The summed E-state index contributed by atoms with van der Waals surface area (Å²) in [6, 6.07) is 3.92. The van der Waals surface area contributed by atoms with E-state index in [4.69, 9.17) is 9.90 Å². The van der Waals surface area contributed by atoms with E-state index in [-0.39, 0.29) is 18.4 Å². The van der Waals surface area contributed by atoms with Crippen LogP contribution in [0.3, 0.4) is 0 Å². The molecule has 0 radical (unpaired) electrons. The van der Waals surface area contributed by atoms with Crippen molar-refractivity contribution in [3.63, 3.8) is 0 Å². The molecule has 3 rings (SSSR count). The number of nitrogens with zero attached hydrogens (tertiary/aromatic N) is 2. The van der Waals surface area contributed by atoms with Crippen LogP contribution in [-0.4, -0.2) is 33.6 Å². The molecule has 6 nitrogen and oxygen atoms in total. The molecule has 3 heterocycles. The van der Waals surface area contributed by atoms with Crippen LogP contribution in [0.1, 0.15) is 18.9 Å². The minimum absolute atomic E-state index is 0.104. The summed E-state index contributed by atoms with van der Waals surface area (Å²) in [5, 5.41) is 11.8. The lowest BCUT2D eigenvalue weighted by atomic mass is 10.1. The van der Waals surface area contributed by atoms with Crippen molar-refractivity contribution in [3.05, 3.63) is 29.9 Å². The molecule has 0 spiro atoms. The van der Waals surface area contributed by atoms with Gasteiger partial charge in [0.25, 0.3) is 6.47 Å². The highest BCUT2D eigenvalue weighted by molar-refractivity contribution is 7.13. The lowest BCUT2D eigenvalue weighted by molar-refractivity contribution is -0.126. The fraction of sp³-hybridized carbons (Fsp3) is 0.308. The van der Waals surface area contributed by atoms with Crippen LogP contribution in [0.25, 0.3) is 10.7 Å². The maximum atomic E-state index is 11.9. The average molecular weight is 293 g/mol. The second-order valence-electron chi connectivity index (χ2n) is 4.19. The SMILES string of the molecule is O=C1NCCCC1n1ccnc1-c1cccs1.O=CO. The van der Waals surface area contributed by atoms with E-state index >= 15 is 0 Å². The standard InChI is InChI=1S/C12H13N3OS.CH2O2/c16-12-9(3-1-5-14-12)15-7-6-13-11(15)10-4-2-8-17-10;2-1-3/h2,4,6-9H,1,3,5H2,(H,14,16);1H,(H,2,3). The van der Waals surface area contributed by atoms with E-state index < -0.39 is 0 Å². The molecule has 1 amide bonds. The first-order valence-electron chi connectivity index (χ1n) is 6.20. The van der Waals surface area contributed by atoms with Gasteiger partial charge in [0, 0.05) is 18.9 Å². The van der Waals surface area contributed by atoms with Gasteiger partial charge < -0.3 is 15.0 Å². The van der Waals surface area contributed by atoms with Gasteiger partial charge in [0.15, 0.2) is 5.82 Å². The minimum Gasteiger partial charge on any atom is -0.483 e. The Labute approximate surface area is 120 Å². The monoisotopic (exact) mass is 293 g/mol. The molecule has 1 aliphatic heterocycles. The fourth-order valence-corrected chi connectivity index (χ4v) is 2.91. The molecule has 20 heavy (non-hydrogen) atoms. The Morgan fingerprint density at radius 2 is 2.35 bits per heavy atom. The number of amides is 1. The van der Waals surface area contributed by atoms with E-state index in [9.17, 15) is 4.79 Å². The quantitative estimate of drug-likeness (QED) is 0.826. The number of piperidine rings is 1. The highest BCUT2D eigenvalue weighted by Crippen LogP contribution is 2.28. The predicted molar refractivity (Wildman–Crippen MR) is 75.5 cm³/mol. The number of nitrogens with one attached hydrogen (secondary N) is 1. The minimum atomic E-state index is -0.250. The van der Waals surface area contributed by atoms with E-state index in [2.05, 4.69) is 10.3 Å². The van der Waals surface area contributed by atoms with Gasteiger partial charge >= 0.3 is 0 Å². The summed E-state index contributed by atoms with van der Waals surface area (Å²) < 4.78 is 1.99. The Hall–Kier alpha value is -2.15. The van der Waals surface area contributed by atoms with Gasteiger partial charge in [-0.3, -0.25) is 9.59 Å². The van der Waals surface area contributed by atoms with Gasteiger partial charge in [-0.15, -0.1) is 11.3 Å². The first-order valence-corrected chi connectivity index (χ1v) is 7.08. The van der Waals surface area contributed by atoms with Crippen molar-refractivity contribution in [2.45, 2.75) is 18.9 Å². The van der Waals surface area contributed by atoms with Gasteiger partial charge in [0.1, 0.15) is 6.04 Å². The van der Waals surface area contributed by atoms with Crippen LogP contribution in [0, 0.1) is 0 Å². The number of imidazole rings is 1. The van der Waals surface area contributed by atoms with Crippen molar-refractivity contribution in [2.75, 3.05) is 6.54 Å². The smallest absolute Gasteiger partial charge is 0.290 e. The molecule has 0 bridgehead atoms. The zero-order valence-corrected chi connectivity index (χ0v) is 11.5. The van der Waals surface area contributed by atoms with E-state index in [1.54, 1.807) is 17.5 Å². The van der Waals surface area contributed by atoms with E-state index in [0.717, 1.165) is 30.1 Å². The lowest BCUT2D eigenvalue weighted by Crippen LogP contribution is -2.37. The van der Waals surface area contributed by atoms with Crippen LogP contribution in [0.2, 0.25) is 0 Å². The number of aromatic nitrogens is 2. The van der Waals surface area contributed by atoms with Gasteiger partial charge in [0.05, 0.1) is 4.88 Å². The molecule has 1 unspecified atom stereocenters. The largest absolute Gasteiger partial charge is 0.483 e. The number of hydrogen-bond donors (Lipinski definition) is 2. The zero-order chi connectivity index (χ0) is 14.4. The maximum absolute atomic E-state index is 11.9. The Kier molecular flexibility index (Phi) is 4.89. The number of carboxylic acid groups (broad SMARTS) is 1. The van der Waals surface area contributed by atoms with Gasteiger partial charge in [-0.05, 0) is 24.3 Å². The van der Waals surface area contributed by atoms with Crippen LogP contribution in [-0.2, 0) is 9.59 Å². The van der Waals surface area contributed by atoms with Crippen molar-refractivity contribution in [1.82, 2.24) is 14.9 Å². The topological polar surface area (TPSA) is 84.2 Å². The van der Waals surface area contributed by atoms with E-state index in [1.165, 1.54) is 0 Å². The number of hydrogen-bond acceptors (Lipinski definition) is 4. The number of rotatable bonds is 2. The van der Waals surface area contributed by atoms with Gasteiger partial charge in [-0.1, -0.05) is 6.07 Å². The molecule has 106 valence electrons. The molecule has 1 saturated heterocycles. The molecule has 0 aliphatic carbocycles. The normalized spacial score (nSPS) is 17.8.